The number of rotatable bonds is 4. The van der Waals surface area contributed by atoms with Gasteiger partial charge in [-0.05, 0) is 38.1 Å². The molecule has 0 radical (unpaired) electrons. The zero-order valence-electron chi connectivity index (χ0n) is 13.8. The molecule has 0 aliphatic carbocycles. The highest BCUT2D eigenvalue weighted by Gasteiger charge is 2.15. The summed E-state index contributed by atoms with van der Waals surface area (Å²) in [5, 5.41) is 3.21. The molecule has 1 N–H and O–H groups in total. The van der Waals surface area contributed by atoms with Crippen LogP contribution in [-0.4, -0.2) is 15.9 Å². The van der Waals surface area contributed by atoms with Gasteiger partial charge in [0.2, 0.25) is 0 Å². The van der Waals surface area contributed by atoms with E-state index in [-0.39, 0.29) is 11.9 Å². The predicted octanol–water partition coefficient (Wildman–Crippen LogP) is 4.79. The van der Waals surface area contributed by atoms with Gasteiger partial charge >= 0.3 is 6.01 Å². The Morgan fingerprint density at radius 2 is 1.56 bits per heavy atom. The van der Waals surface area contributed by atoms with Crippen LogP contribution >= 0.6 is 11.6 Å². The number of nitrogens with zero attached hydrogens (tertiary/aromatic N) is 2. The van der Waals surface area contributed by atoms with Crippen molar-refractivity contribution >= 4 is 23.2 Å². The Balaban J connectivity index is 1.83. The van der Waals surface area contributed by atoms with E-state index in [0.29, 0.717) is 33.4 Å². The van der Waals surface area contributed by atoms with Crippen LogP contribution in [0.5, 0.6) is 11.8 Å². The van der Waals surface area contributed by atoms with Gasteiger partial charge in [-0.3, -0.25) is 4.79 Å². The number of amides is 1. The smallest absolute Gasteiger partial charge is 0.322 e. The van der Waals surface area contributed by atoms with E-state index in [2.05, 4.69) is 15.3 Å². The van der Waals surface area contributed by atoms with E-state index in [1.165, 1.54) is 0 Å². The van der Waals surface area contributed by atoms with Crippen molar-refractivity contribution in [2.45, 2.75) is 13.8 Å². The lowest BCUT2D eigenvalue weighted by molar-refractivity contribution is 0.102. The van der Waals surface area contributed by atoms with Gasteiger partial charge < -0.3 is 10.1 Å². The van der Waals surface area contributed by atoms with E-state index in [1.54, 1.807) is 38.1 Å². The quantitative estimate of drug-likeness (QED) is 0.732. The summed E-state index contributed by atoms with van der Waals surface area (Å²) in [7, 11) is 0. The van der Waals surface area contributed by atoms with Crippen LogP contribution in [0.25, 0.3) is 0 Å². The minimum Gasteiger partial charge on any atom is -0.424 e. The number of carbonyl (C=O) groups excluding carboxylic acids is 1. The van der Waals surface area contributed by atoms with Gasteiger partial charge in [0.25, 0.3) is 5.91 Å². The number of carbonyl (C=O) groups is 1. The van der Waals surface area contributed by atoms with Crippen LogP contribution in [0, 0.1) is 13.8 Å². The summed E-state index contributed by atoms with van der Waals surface area (Å²) in [4.78, 5) is 21.1. The van der Waals surface area contributed by atoms with Gasteiger partial charge in [0.15, 0.2) is 0 Å². The van der Waals surface area contributed by atoms with E-state index in [1.807, 2.05) is 30.3 Å². The first-order chi connectivity index (χ1) is 12.0. The topological polar surface area (TPSA) is 64.1 Å². The van der Waals surface area contributed by atoms with Crippen molar-refractivity contribution in [1.82, 2.24) is 9.97 Å². The monoisotopic (exact) mass is 353 g/mol. The number of anilines is 1. The molecule has 1 amide bonds. The molecule has 0 spiro atoms. The first-order valence-corrected chi connectivity index (χ1v) is 8.06. The molecular formula is C19H16ClN3O2. The Hall–Kier alpha value is -2.92. The minimum atomic E-state index is -0.308. The molecule has 0 bridgehead atoms. The molecule has 5 nitrogen and oxygen atoms in total. The molecule has 126 valence electrons. The second-order valence-corrected chi connectivity index (χ2v) is 5.81. The molecule has 0 atom stereocenters. The summed E-state index contributed by atoms with van der Waals surface area (Å²) in [6.45, 7) is 3.57. The van der Waals surface area contributed by atoms with Gasteiger partial charge in [-0.2, -0.15) is 9.97 Å². The van der Waals surface area contributed by atoms with Crippen molar-refractivity contribution in [3.05, 3.63) is 76.6 Å². The first kappa shape index (κ1) is 16.9. The highest BCUT2D eigenvalue weighted by Crippen LogP contribution is 2.24. The summed E-state index contributed by atoms with van der Waals surface area (Å²) in [5.41, 5.74) is 2.16. The van der Waals surface area contributed by atoms with Crippen molar-refractivity contribution in [2.75, 3.05) is 5.32 Å². The summed E-state index contributed by atoms with van der Waals surface area (Å²) < 4.78 is 5.65. The lowest BCUT2D eigenvalue weighted by atomic mass is 10.2. The fourth-order valence-corrected chi connectivity index (χ4v) is 2.55. The van der Waals surface area contributed by atoms with Crippen molar-refractivity contribution < 1.29 is 9.53 Å². The van der Waals surface area contributed by atoms with Crippen molar-refractivity contribution in [3.8, 4) is 11.8 Å². The molecule has 0 saturated heterocycles. The van der Waals surface area contributed by atoms with Crippen LogP contribution < -0.4 is 10.1 Å². The summed E-state index contributed by atoms with van der Waals surface area (Å²) in [5.74, 6) is 0.339. The number of hydrogen-bond donors (Lipinski definition) is 1. The van der Waals surface area contributed by atoms with Gasteiger partial charge in [-0.25, -0.2) is 0 Å². The Morgan fingerprint density at radius 1 is 0.960 bits per heavy atom. The van der Waals surface area contributed by atoms with Gasteiger partial charge in [0.05, 0.1) is 27.7 Å². The lowest BCUT2D eigenvalue weighted by Crippen LogP contribution is -2.15. The third kappa shape index (κ3) is 3.95. The van der Waals surface area contributed by atoms with E-state index in [0.717, 1.165) is 0 Å². The third-order valence-electron chi connectivity index (χ3n) is 3.56. The Kier molecular flexibility index (Phi) is 4.95. The Labute approximate surface area is 150 Å². The van der Waals surface area contributed by atoms with Gasteiger partial charge in [0, 0.05) is 0 Å². The molecule has 2 aromatic carbocycles. The summed E-state index contributed by atoms with van der Waals surface area (Å²) >= 11 is 6.07. The van der Waals surface area contributed by atoms with Crippen LogP contribution in [0.15, 0.2) is 54.6 Å². The van der Waals surface area contributed by atoms with Gasteiger partial charge in [0.1, 0.15) is 5.75 Å². The number of nitrogens with one attached hydrogen (secondary N) is 1. The van der Waals surface area contributed by atoms with E-state index in [4.69, 9.17) is 16.3 Å². The number of ether oxygens (including phenoxy) is 1. The third-order valence-corrected chi connectivity index (χ3v) is 3.89. The van der Waals surface area contributed by atoms with Crippen LogP contribution in [0.4, 0.5) is 5.69 Å². The first-order valence-electron chi connectivity index (χ1n) is 7.68. The highest BCUT2D eigenvalue weighted by molar-refractivity contribution is 6.34. The molecule has 3 aromatic rings. The highest BCUT2D eigenvalue weighted by atomic mass is 35.5. The SMILES string of the molecule is Cc1nc(Oc2ccccc2)nc(C)c1NC(=O)c1ccccc1Cl. The number of benzene rings is 2. The standard InChI is InChI=1S/C19H16ClN3O2/c1-12-17(23-18(24)15-10-6-7-11-16(15)20)13(2)22-19(21-12)25-14-8-4-3-5-9-14/h3-11H,1-2H3,(H,23,24). The van der Waals surface area contributed by atoms with Crippen LogP contribution in [-0.2, 0) is 0 Å². The van der Waals surface area contributed by atoms with Crippen LogP contribution in [0.3, 0.4) is 0 Å². The molecule has 0 saturated carbocycles. The van der Waals surface area contributed by atoms with Crippen LogP contribution in [0.1, 0.15) is 21.7 Å². The number of aryl methyl sites for hydroxylation is 2. The number of halogens is 1. The molecule has 0 unspecified atom stereocenters. The second-order valence-electron chi connectivity index (χ2n) is 5.40. The molecule has 0 aliphatic heterocycles. The van der Waals surface area contributed by atoms with E-state index in [9.17, 15) is 4.79 Å². The average molecular weight is 354 g/mol. The summed E-state index contributed by atoms with van der Waals surface area (Å²) in [6.07, 6.45) is 0. The molecule has 6 heteroatoms. The molecule has 0 fully saturated rings. The maximum atomic E-state index is 12.4. The molecule has 25 heavy (non-hydrogen) atoms. The molecule has 0 aliphatic rings. The molecule has 3 rings (SSSR count). The average Bonchev–Trinajstić information content (AvgIpc) is 2.59. The second kappa shape index (κ2) is 7.32. The molecular weight excluding hydrogens is 338 g/mol. The summed E-state index contributed by atoms with van der Waals surface area (Å²) in [6, 6.07) is 16.4. The number of aromatic nitrogens is 2. The normalized spacial score (nSPS) is 10.4. The van der Waals surface area contributed by atoms with Crippen LogP contribution in [0.2, 0.25) is 5.02 Å². The largest absolute Gasteiger partial charge is 0.424 e. The minimum absolute atomic E-state index is 0.233. The van der Waals surface area contributed by atoms with Gasteiger partial charge in [-0.15, -0.1) is 0 Å². The molecule has 1 aromatic heterocycles. The van der Waals surface area contributed by atoms with Crippen molar-refractivity contribution in [3.63, 3.8) is 0 Å². The Bertz CT molecular complexity index is 891. The fraction of sp³-hybridized carbons (Fsp3) is 0.105. The van der Waals surface area contributed by atoms with E-state index < -0.39 is 0 Å². The maximum Gasteiger partial charge on any atom is 0.322 e. The lowest BCUT2D eigenvalue weighted by Gasteiger charge is -2.13. The number of hydrogen-bond acceptors (Lipinski definition) is 4. The van der Waals surface area contributed by atoms with E-state index >= 15 is 0 Å². The number of para-hydroxylation sites is 1. The van der Waals surface area contributed by atoms with Crippen molar-refractivity contribution in [2.24, 2.45) is 0 Å². The fourth-order valence-electron chi connectivity index (χ4n) is 2.33. The zero-order chi connectivity index (χ0) is 17.8. The zero-order valence-corrected chi connectivity index (χ0v) is 14.5. The Morgan fingerprint density at radius 3 is 2.20 bits per heavy atom. The predicted molar refractivity (Wildman–Crippen MR) is 97.4 cm³/mol. The molecule has 1 heterocycles. The van der Waals surface area contributed by atoms with Gasteiger partial charge in [-0.1, -0.05) is 41.9 Å². The van der Waals surface area contributed by atoms with Crippen molar-refractivity contribution in [1.29, 1.82) is 0 Å². The maximum absolute atomic E-state index is 12.4.